The predicted octanol–water partition coefficient (Wildman–Crippen LogP) is 1.26. The smallest absolute Gasteiger partial charge is 0.131 e. The highest BCUT2D eigenvalue weighted by Gasteiger charge is 2.17. The zero-order valence-corrected chi connectivity index (χ0v) is 10.9. The van der Waals surface area contributed by atoms with Crippen LogP contribution in [0.15, 0.2) is 0 Å². The maximum absolute atomic E-state index is 5.28. The van der Waals surface area contributed by atoms with E-state index in [0.29, 0.717) is 0 Å². The van der Waals surface area contributed by atoms with E-state index in [9.17, 15) is 0 Å². The van der Waals surface area contributed by atoms with E-state index < -0.39 is 0 Å². The lowest BCUT2D eigenvalue weighted by Crippen LogP contribution is -2.27. The van der Waals surface area contributed by atoms with Gasteiger partial charge in [0.25, 0.3) is 0 Å². The first kappa shape index (κ1) is 12.5. The van der Waals surface area contributed by atoms with Gasteiger partial charge in [-0.05, 0) is 13.3 Å². The van der Waals surface area contributed by atoms with Crippen LogP contribution in [0.25, 0.3) is 0 Å². The Morgan fingerprint density at radius 3 is 2.94 bits per heavy atom. The molecule has 1 unspecified atom stereocenters. The lowest BCUT2D eigenvalue weighted by atomic mass is 10.0. The Kier molecular flexibility index (Phi) is 4.07. The third kappa shape index (κ3) is 2.82. The monoisotopic (exact) mass is 235 g/mol. The van der Waals surface area contributed by atoms with Crippen molar-refractivity contribution in [2.45, 2.75) is 45.8 Å². The Morgan fingerprint density at radius 1 is 1.41 bits per heavy atom. The van der Waals surface area contributed by atoms with Crippen LogP contribution in [0.5, 0.6) is 0 Å². The molecular weight excluding hydrogens is 214 g/mol. The van der Waals surface area contributed by atoms with Crippen molar-refractivity contribution in [1.82, 2.24) is 15.3 Å². The minimum Gasteiger partial charge on any atom is -0.381 e. The van der Waals surface area contributed by atoms with Gasteiger partial charge in [-0.1, -0.05) is 6.92 Å². The lowest BCUT2D eigenvalue weighted by molar-refractivity contribution is 0.117. The van der Waals surface area contributed by atoms with E-state index in [2.05, 4.69) is 29.1 Å². The van der Waals surface area contributed by atoms with Gasteiger partial charge in [0.15, 0.2) is 0 Å². The van der Waals surface area contributed by atoms with Gasteiger partial charge in [0, 0.05) is 44.3 Å². The number of rotatable bonds is 4. The zero-order chi connectivity index (χ0) is 12.3. The third-order valence-electron chi connectivity index (χ3n) is 3.27. The topological polar surface area (TPSA) is 47.0 Å². The molecule has 1 atom stereocenters. The quantitative estimate of drug-likeness (QED) is 0.853. The molecule has 0 spiro atoms. The number of hydrogen-bond donors (Lipinski definition) is 1. The lowest BCUT2D eigenvalue weighted by Gasteiger charge is -2.20. The largest absolute Gasteiger partial charge is 0.381 e. The van der Waals surface area contributed by atoms with Crippen molar-refractivity contribution in [2.24, 2.45) is 0 Å². The van der Waals surface area contributed by atoms with Gasteiger partial charge in [0.05, 0.1) is 11.8 Å². The van der Waals surface area contributed by atoms with Gasteiger partial charge in [-0.15, -0.1) is 0 Å². The summed E-state index contributed by atoms with van der Waals surface area (Å²) >= 11 is 0. The van der Waals surface area contributed by atoms with Gasteiger partial charge >= 0.3 is 0 Å². The van der Waals surface area contributed by atoms with Gasteiger partial charge in [-0.25, -0.2) is 9.97 Å². The molecule has 2 heterocycles. The highest BCUT2D eigenvalue weighted by Crippen LogP contribution is 2.17. The molecule has 0 saturated carbocycles. The van der Waals surface area contributed by atoms with E-state index in [0.717, 1.165) is 38.2 Å². The first-order valence-electron chi connectivity index (χ1n) is 6.35. The van der Waals surface area contributed by atoms with E-state index in [-0.39, 0.29) is 6.10 Å². The van der Waals surface area contributed by atoms with E-state index in [1.165, 1.54) is 17.0 Å². The van der Waals surface area contributed by atoms with E-state index in [1.54, 1.807) is 7.11 Å². The molecule has 1 aromatic rings. The molecule has 0 fully saturated rings. The van der Waals surface area contributed by atoms with Crippen molar-refractivity contribution in [3.8, 4) is 0 Å². The molecule has 17 heavy (non-hydrogen) atoms. The Hall–Kier alpha value is -1.00. The van der Waals surface area contributed by atoms with Gasteiger partial charge in [0.2, 0.25) is 0 Å². The number of aromatic nitrogens is 2. The predicted molar refractivity (Wildman–Crippen MR) is 67.0 cm³/mol. The van der Waals surface area contributed by atoms with E-state index in [1.807, 2.05) is 0 Å². The van der Waals surface area contributed by atoms with Crippen LogP contribution in [0, 0.1) is 0 Å². The van der Waals surface area contributed by atoms with Gasteiger partial charge in [-0.2, -0.15) is 0 Å². The highest BCUT2D eigenvalue weighted by atomic mass is 16.5. The fourth-order valence-corrected chi connectivity index (χ4v) is 2.19. The normalized spacial score (nSPS) is 16.6. The number of methoxy groups -OCH3 is 1. The summed E-state index contributed by atoms with van der Waals surface area (Å²) in [6.07, 6.45) is 2.96. The molecule has 1 aromatic heterocycles. The average molecular weight is 235 g/mol. The number of ether oxygens (including phenoxy) is 1. The summed E-state index contributed by atoms with van der Waals surface area (Å²) in [5.74, 6) is 0.928. The van der Waals surface area contributed by atoms with Crippen LogP contribution in [-0.4, -0.2) is 29.7 Å². The summed E-state index contributed by atoms with van der Waals surface area (Å²) in [5, 5.41) is 3.38. The molecule has 0 bridgehead atoms. The van der Waals surface area contributed by atoms with Crippen LogP contribution in [-0.2, 0) is 30.5 Å². The molecule has 0 amide bonds. The Bertz CT molecular complexity index is 375. The molecule has 4 nitrogen and oxygen atoms in total. The van der Waals surface area contributed by atoms with Gasteiger partial charge in [0.1, 0.15) is 5.82 Å². The molecule has 0 aromatic carbocycles. The minimum atomic E-state index is 0.180. The molecule has 1 N–H and O–H groups in total. The fraction of sp³-hybridized carbons (Fsp3) is 0.692. The SMILES string of the molecule is CCc1nc(CC(C)OC)nc2c1CNCC2. The number of aryl methyl sites for hydroxylation is 1. The van der Waals surface area contributed by atoms with Crippen LogP contribution in [0.2, 0.25) is 0 Å². The van der Waals surface area contributed by atoms with Crippen molar-refractivity contribution in [1.29, 1.82) is 0 Å². The molecule has 0 saturated heterocycles. The number of fused-ring (bicyclic) bond motifs is 1. The summed E-state index contributed by atoms with van der Waals surface area (Å²) in [6, 6.07) is 0. The second-order valence-corrected chi connectivity index (χ2v) is 4.54. The van der Waals surface area contributed by atoms with Crippen LogP contribution in [0.1, 0.15) is 36.6 Å². The van der Waals surface area contributed by atoms with Gasteiger partial charge in [-0.3, -0.25) is 0 Å². The Labute approximate surface area is 103 Å². The molecule has 2 rings (SSSR count). The maximum atomic E-state index is 5.28. The van der Waals surface area contributed by atoms with Crippen molar-refractivity contribution in [2.75, 3.05) is 13.7 Å². The molecule has 0 aliphatic carbocycles. The molecule has 94 valence electrons. The van der Waals surface area contributed by atoms with Crippen LogP contribution >= 0.6 is 0 Å². The van der Waals surface area contributed by atoms with Crippen molar-refractivity contribution < 1.29 is 4.74 Å². The van der Waals surface area contributed by atoms with Crippen molar-refractivity contribution in [3.05, 3.63) is 22.8 Å². The van der Waals surface area contributed by atoms with Crippen molar-refractivity contribution >= 4 is 0 Å². The second kappa shape index (κ2) is 5.56. The molecule has 1 aliphatic heterocycles. The molecule has 1 aliphatic rings. The Morgan fingerprint density at radius 2 is 2.24 bits per heavy atom. The third-order valence-corrected chi connectivity index (χ3v) is 3.27. The molecule has 4 heteroatoms. The Balaban J connectivity index is 2.29. The average Bonchev–Trinajstić information content (AvgIpc) is 2.37. The zero-order valence-electron chi connectivity index (χ0n) is 10.9. The minimum absolute atomic E-state index is 0.180. The maximum Gasteiger partial charge on any atom is 0.131 e. The number of nitrogens with zero attached hydrogens (tertiary/aromatic N) is 2. The fourth-order valence-electron chi connectivity index (χ4n) is 2.19. The first-order chi connectivity index (χ1) is 8.24. The highest BCUT2D eigenvalue weighted by molar-refractivity contribution is 5.28. The first-order valence-corrected chi connectivity index (χ1v) is 6.35. The van der Waals surface area contributed by atoms with Crippen LogP contribution in [0.3, 0.4) is 0 Å². The number of hydrogen-bond acceptors (Lipinski definition) is 4. The molecular formula is C13H21N3O. The summed E-state index contributed by atoms with van der Waals surface area (Å²) < 4.78 is 5.28. The second-order valence-electron chi connectivity index (χ2n) is 4.54. The van der Waals surface area contributed by atoms with Gasteiger partial charge < -0.3 is 10.1 Å². The van der Waals surface area contributed by atoms with Crippen LogP contribution in [0.4, 0.5) is 0 Å². The summed E-state index contributed by atoms with van der Waals surface area (Å²) in [4.78, 5) is 9.34. The van der Waals surface area contributed by atoms with E-state index in [4.69, 9.17) is 4.74 Å². The van der Waals surface area contributed by atoms with Crippen LogP contribution < -0.4 is 5.32 Å². The van der Waals surface area contributed by atoms with E-state index >= 15 is 0 Å². The summed E-state index contributed by atoms with van der Waals surface area (Å²) in [6.45, 7) is 6.14. The summed E-state index contributed by atoms with van der Waals surface area (Å²) in [5.41, 5.74) is 3.74. The molecule has 0 radical (unpaired) electrons. The van der Waals surface area contributed by atoms with Crippen molar-refractivity contribution in [3.63, 3.8) is 0 Å². The summed E-state index contributed by atoms with van der Waals surface area (Å²) in [7, 11) is 1.73. The number of nitrogens with one attached hydrogen (secondary N) is 1. The standard InChI is InChI=1S/C13H21N3O/c1-4-11-10-8-14-6-5-12(10)16-13(15-11)7-9(2)17-3/h9,14H,4-8H2,1-3H3.